The third-order valence-corrected chi connectivity index (χ3v) is 5.61. The van der Waals surface area contributed by atoms with Gasteiger partial charge in [-0.25, -0.2) is 0 Å². The molecule has 9 nitrogen and oxygen atoms in total. The molecule has 0 bridgehead atoms. The average molecular weight is 445 g/mol. The standard InChI is InChI=1S/C19H17ClN6O3S/c20-11-3-1-2-10(8-11)15-13-14(21)16(17(22)28)30-18(13)24-19(23-15)29-9-12-4-5-26(25-12)6-7-27/h1-5,8,27H,6-7,9,21H2,(H2,22,28). The van der Waals surface area contributed by atoms with E-state index in [-0.39, 0.29) is 29.8 Å². The number of benzene rings is 1. The van der Waals surface area contributed by atoms with Gasteiger partial charge in [0, 0.05) is 16.8 Å². The number of primary amides is 1. The number of carbonyl (C=O) groups is 1. The largest absolute Gasteiger partial charge is 0.457 e. The highest BCUT2D eigenvalue weighted by Crippen LogP contribution is 2.39. The van der Waals surface area contributed by atoms with Crippen LogP contribution >= 0.6 is 22.9 Å². The van der Waals surface area contributed by atoms with Crippen molar-refractivity contribution in [2.45, 2.75) is 13.2 Å². The summed E-state index contributed by atoms with van der Waals surface area (Å²) in [6, 6.07) is 8.99. The minimum atomic E-state index is -0.635. The monoisotopic (exact) mass is 444 g/mol. The van der Waals surface area contributed by atoms with E-state index >= 15 is 0 Å². The van der Waals surface area contributed by atoms with Crippen molar-refractivity contribution in [3.8, 4) is 17.3 Å². The second-order valence-corrected chi connectivity index (χ2v) is 7.77. The summed E-state index contributed by atoms with van der Waals surface area (Å²) in [5.74, 6) is -0.635. The van der Waals surface area contributed by atoms with Gasteiger partial charge in [0.15, 0.2) is 0 Å². The van der Waals surface area contributed by atoms with E-state index in [1.807, 2.05) is 6.07 Å². The molecule has 30 heavy (non-hydrogen) atoms. The molecule has 0 aliphatic heterocycles. The van der Waals surface area contributed by atoms with Crippen molar-refractivity contribution in [2.24, 2.45) is 5.73 Å². The number of carbonyl (C=O) groups excluding carboxylic acids is 1. The molecule has 0 aliphatic rings. The highest BCUT2D eigenvalue weighted by molar-refractivity contribution is 7.21. The summed E-state index contributed by atoms with van der Waals surface area (Å²) in [5.41, 5.74) is 13.7. The molecule has 11 heteroatoms. The number of thiophene rings is 1. The summed E-state index contributed by atoms with van der Waals surface area (Å²) in [6.45, 7) is 0.515. The van der Waals surface area contributed by atoms with Gasteiger partial charge in [-0.15, -0.1) is 11.3 Å². The number of aliphatic hydroxyl groups is 1. The molecule has 4 rings (SSSR count). The molecular formula is C19H17ClN6O3S. The van der Waals surface area contributed by atoms with Crippen LogP contribution in [0, 0.1) is 0 Å². The van der Waals surface area contributed by atoms with Crippen molar-refractivity contribution in [1.29, 1.82) is 0 Å². The second kappa shape index (κ2) is 8.27. The van der Waals surface area contributed by atoms with E-state index in [1.54, 1.807) is 35.1 Å². The minimum absolute atomic E-state index is 0.00720. The van der Waals surface area contributed by atoms with Gasteiger partial charge >= 0.3 is 6.01 Å². The number of anilines is 1. The van der Waals surface area contributed by atoms with Crippen molar-refractivity contribution in [3.63, 3.8) is 0 Å². The number of amides is 1. The molecular weight excluding hydrogens is 428 g/mol. The van der Waals surface area contributed by atoms with E-state index in [0.29, 0.717) is 38.7 Å². The molecule has 0 saturated heterocycles. The van der Waals surface area contributed by atoms with Crippen LogP contribution in [0.5, 0.6) is 6.01 Å². The second-order valence-electron chi connectivity index (χ2n) is 6.34. The maximum absolute atomic E-state index is 11.8. The zero-order valence-electron chi connectivity index (χ0n) is 15.6. The first-order valence-corrected chi connectivity index (χ1v) is 10.1. The predicted molar refractivity (Wildman–Crippen MR) is 114 cm³/mol. The Morgan fingerprint density at radius 3 is 2.87 bits per heavy atom. The number of halogens is 1. The lowest BCUT2D eigenvalue weighted by atomic mass is 10.1. The number of hydrogen-bond donors (Lipinski definition) is 3. The fraction of sp³-hybridized carbons (Fsp3) is 0.158. The number of fused-ring (bicyclic) bond motifs is 1. The summed E-state index contributed by atoms with van der Waals surface area (Å²) in [4.78, 5) is 21.4. The van der Waals surface area contributed by atoms with Crippen molar-refractivity contribution in [3.05, 3.63) is 52.1 Å². The van der Waals surface area contributed by atoms with Gasteiger partial charge in [0.1, 0.15) is 16.3 Å². The Labute approximate surface area is 179 Å². The Morgan fingerprint density at radius 2 is 2.13 bits per heavy atom. The summed E-state index contributed by atoms with van der Waals surface area (Å²) < 4.78 is 7.36. The molecule has 0 atom stereocenters. The van der Waals surface area contributed by atoms with Crippen LogP contribution in [0.3, 0.4) is 0 Å². The van der Waals surface area contributed by atoms with E-state index in [0.717, 1.165) is 11.3 Å². The number of ether oxygens (including phenoxy) is 1. The summed E-state index contributed by atoms with van der Waals surface area (Å²) in [6.07, 6.45) is 1.75. The van der Waals surface area contributed by atoms with Gasteiger partial charge in [0.2, 0.25) is 0 Å². The summed E-state index contributed by atoms with van der Waals surface area (Å²) in [7, 11) is 0. The summed E-state index contributed by atoms with van der Waals surface area (Å²) >= 11 is 7.22. The van der Waals surface area contributed by atoms with Crippen molar-refractivity contribution >= 4 is 44.7 Å². The fourth-order valence-electron chi connectivity index (χ4n) is 2.94. The number of nitrogens with zero attached hydrogens (tertiary/aromatic N) is 4. The molecule has 1 aromatic carbocycles. The smallest absolute Gasteiger partial charge is 0.318 e. The van der Waals surface area contributed by atoms with Crippen LogP contribution in [0.4, 0.5) is 5.69 Å². The zero-order chi connectivity index (χ0) is 21.3. The number of rotatable bonds is 7. The van der Waals surface area contributed by atoms with Crippen molar-refractivity contribution < 1.29 is 14.6 Å². The normalized spacial score (nSPS) is 11.1. The van der Waals surface area contributed by atoms with Crippen LogP contribution in [-0.2, 0) is 13.2 Å². The van der Waals surface area contributed by atoms with E-state index < -0.39 is 5.91 Å². The van der Waals surface area contributed by atoms with Gasteiger partial charge in [-0.3, -0.25) is 9.48 Å². The first-order valence-electron chi connectivity index (χ1n) is 8.88. The third-order valence-electron chi connectivity index (χ3n) is 4.26. The molecule has 154 valence electrons. The van der Waals surface area contributed by atoms with Crippen molar-refractivity contribution in [1.82, 2.24) is 19.7 Å². The maximum Gasteiger partial charge on any atom is 0.318 e. The summed E-state index contributed by atoms with van der Waals surface area (Å²) in [5, 5.41) is 14.3. The molecule has 0 fully saturated rings. The lowest BCUT2D eigenvalue weighted by Gasteiger charge is -2.08. The molecule has 1 amide bonds. The molecule has 5 N–H and O–H groups in total. The molecule has 0 aliphatic carbocycles. The lowest BCUT2D eigenvalue weighted by molar-refractivity contribution is 0.100. The van der Waals surface area contributed by atoms with Crippen LogP contribution in [-0.4, -0.2) is 37.4 Å². The Morgan fingerprint density at radius 1 is 1.30 bits per heavy atom. The third kappa shape index (κ3) is 3.92. The first kappa shape index (κ1) is 20.1. The Kier molecular flexibility index (Phi) is 5.53. The molecule has 3 aromatic heterocycles. The number of hydrogen-bond acceptors (Lipinski definition) is 8. The highest BCUT2D eigenvalue weighted by Gasteiger charge is 2.21. The SMILES string of the molecule is NC(=O)c1sc2nc(OCc3ccn(CCO)n3)nc(-c3cccc(Cl)c3)c2c1N. The maximum atomic E-state index is 11.8. The Bertz CT molecular complexity index is 1240. The van der Waals surface area contributed by atoms with E-state index in [4.69, 9.17) is 32.9 Å². The van der Waals surface area contributed by atoms with Gasteiger partial charge in [-0.05, 0) is 18.2 Å². The fourth-order valence-corrected chi connectivity index (χ4v) is 4.07. The van der Waals surface area contributed by atoms with Gasteiger partial charge in [0.05, 0.1) is 35.6 Å². The van der Waals surface area contributed by atoms with Crippen LogP contribution in [0.15, 0.2) is 36.5 Å². The molecule has 0 radical (unpaired) electrons. The first-order chi connectivity index (χ1) is 14.5. The van der Waals surface area contributed by atoms with Crippen molar-refractivity contribution in [2.75, 3.05) is 12.3 Å². The van der Waals surface area contributed by atoms with E-state index in [9.17, 15) is 4.79 Å². The van der Waals surface area contributed by atoms with Gasteiger partial charge in [0.25, 0.3) is 5.91 Å². The quantitative estimate of drug-likeness (QED) is 0.397. The van der Waals surface area contributed by atoms with E-state index in [2.05, 4.69) is 15.1 Å². The van der Waals surface area contributed by atoms with Gasteiger partial charge in [-0.1, -0.05) is 23.7 Å². The zero-order valence-corrected chi connectivity index (χ0v) is 17.2. The lowest BCUT2D eigenvalue weighted by Crippen LogP contribution is -2.10. The topological polar surface area (TPSA) is 142 Å². The average Bonchev–Trinajstić information content (AvgIpc) is 3.30. The van der Waals surface area contributed by atoms with Crippen LogP contribution < -0.4 is 16.2 Å². The molecule has 0 saturated carbocycles. The molecule has 4 aromatic rings. The van der Waals surface area contributed by atoms with E-state index in [1.165, 1.54) is 0 Å². The molecule has 0 spiro atoms. The van der Waals surface area contributed by atoms with Crippen LogP contribution in [0.2, 0.25) is 5.02 Å². The Hall–Kier alpha value is -3.21. The van der Waals surface area contributed by atoms with Crippen LogP contribution in [0.1, 0.15) is 15.4 Å². The highest BCUT2D eigenvalue weighted by atomic mass is 35.5. The van der Waals surface area contributed by atoms with Gasteiger partial charge < -0.3 is 21.3 Å². The number of aliphatic hydroxyl groups excluding tert-OH is 1. The Balaban J connectivity index is 1.76. The minimum Gasteiger partial charge on any atom is -0.457 e. The predicted octanol–water partition coefficient (Wildman–Crippen LogP) is 2.46. The number of nitrogen functional groups attached to an aromatic ring is 1. The number of aromatic nitrogens is 4. The van der Waals surface area contributed by atoms with Crippen LogP contribution in [0.25, 0.3) is 21.5 Å². The number of nitrogens with two attached hydrogens (primary N) is 2. The van der Waals surface area contributed by atoms with Gasteiger partial charge in [-0.2, -0.15) is 15.1 Å². The molecule has 0 unspecified atom stereocenters. The molecule has 3 heterocycles.